The third-order valence-corrected chi connectivity index (χ3v) is 3.86. The van der Waals surface area contributed by atoms with E-state index in [0.29, 0.717) is 0 Å². The van der Waals surface area contributed by atoms with E-state index in [1.54, 1.807) is 0 Å². The topological polar surface area (TPSA) is 149 Å². The van der Waals surface area contributed by atoms with Gasteiger partial charge in [-0.15, -0.1) is 0 Å². The maximum Gasteiger partial charge on any atom is 0.187 e. The summed E-state index contributed by atoms with van der Waals surface area (Å²) in [6.07, 6.45) is -13.4. The fourth-order valence-corrected chi connectivity index (χ4v) is 2.49. The number of alkyl halides is 1. The summed E-state index contributed by atoms with van der Waals surface area (Å²) >= 11 is 0. The van der Waals surface area contributed by atoms with E-state index >= 15 is 0 Å². The SMILES string of the molecule is OCC1OC(OC2C(CO)OCC(F)C2O)C(O)C(O)C1O. The quantitative estimate of drug-likeness (QED) is 0.306. The molecule has 0 amide bonds. The molecular formula is C12H21FO9. The van der Waals surface area contributed by atoms with Crippen molar-refractivity contribution < 1.29 is 49.2 Å². The second-order valence-corrected chi connectivity index (χ2v) is 5.36. The predicted octanol–water partition coefficient (Wildman–Crippen LogP) is -3.74. The van der Waals surface area contributed by atoms with Gasteiger partial charge in [0.25, 0.3) is 0 Å². The van der Waals surface area contributed by atoms with Crippen molar-refractivity contribution in [3.05, 3.63) is 0 Å². The van der Waals surface area contributed by atoms with Gasteiger partial charge < -0.3 is 44.8 Å². The van der Waals surface area contributed by atoms with Gasteiger partial charge in [0.1, 0.15) is 42.7 Å². The van der Waals surface area contributed by atoms with Gasteiger partial charge in [0.2, 0.25) is 0 Å². The summed E-state index contributed by atoms with van der Waals surface area (Å²) in [5.41, 5.74) is 0. The molecular weight excluding hydrogens is 307 g/mol. The summed E-state index contributed by atoms with van der Waals surface area (Å²) in [4.78, 5) is 0. The monoisotopic (exact) mass is 328 g/mol. The summed E-state index contributed by atoms with van der Waals surface area (Å²) in [7, 11) is 0. The van der Waals surface area contributed by atoms with E-state index < -0.39 is 75.0 Å². The Hall–Kier alpha value is -0.430. The number of aliphatic hydroxyl groups is 6. The lowest BCUT2D eigenvalue weighted by atomic mass is 9.98. The van der Waals surface area contributed by atoms with Gasteiger partial charge in [-0.25, -0.2) is 4.39 Å². The fraction of sp³-hybridized carbons (Fsp3) is 1.00. The van der Waals surface area contributed by atoms with Gasteiger partial charge in [0.15, 0.2) is 12.5 Å². The highest BCUT2D eigenvalue weighted by Crippen LogP contribution is 2.27. The third-order valence-electron chi connectivity index (χ3n) is 3.86. The summed E-state index contributed by atoms with van der Waals surface area (Å²) < 4.78 is 28.9. The fourth-order valence-electron chi connectivity index (χ4n) is 2.49. The number of aliphatic hydroxyl groups excluding tert-OH is 6. The smallest absolute Gasteiger partial charge is 0.187 e. The lowest BCUT2D eigenvalue weighted by Crippen LogP contribution is -2.62. The van der Waals surface area contributed by atoms with E-state index in [9.17, 15) is 29.9 Å². The van der Waals surface area contributed by atoms with Crippen LogP contribution in [0.1, 0.15) is 0 Å². The van der Waals surface area contributed by atoms with Crippen LogP contribution in [0, 0.1) is 0 Å². The Morgan fingerprint density at radius 3 is 2.14 bits per heavy atom. The zero-order chi connectivity index (χ0) is 16.4. The third kappa shape index (κ3) is 3.40. The molecule has 2 rings (SSSR count). The average molecular weight is 328 g/mol. The Morgan fingerprint density at radius 2 is 1.55 bits per heavy atom. The van der Waals surface area contributed by atoms with Gasteiger partial charge in [-0.1, -0.05) is 0 Å². The number of hydrogen-bond donors (Lipinski definition) is 6. The van der Waals surface area contributed by atoms with Crippen molar-refractivity contribution in [2.45, 2.75) is 55.2 Å². The van der Waals surface area contributed by atoms with E-state index in [4.69, 9.17) is 19.3 Å². The van der Waals surface area contributed by atoms with E-state index in [1.807, 2.05) is 0 Å². The number of halogens is 1. The molecule has 0 spiro atoms. The van der Waals surface area contributed by atoms with Crippen molar-refractivity contribution in [2.75, 3.05) is 19.8 Å². The minimum Gasteiger partial charge on any atom is -0.394 e. The molecule has 6 N–H and O–H groups in total. The minimum absolute atomic E-state index is 0.416. The van der Waals surface area contributed by atoms with Crippen molar-refractivity contribution in [1.82, 2.24) is 0 Å². The average Bonchev–Trinajstić information content (AvgIpc) is 2.52. The largest absolute Gasteiger partial charge is 0.394 e. The van der Waals surface area contributed by atoms with Crippen LogP contribution < -0.4 is 0 Å². The molecule has 9 nitrogen and oxygen atoms in total. The summed E-state index contributed by atoms with van der Waals surface area (Å²) in [6.45, 7) is -1.63. The molecule has 0 aromatic rings. The Bertz CT molecular complexity index is 355. The molecule has 22 heavy (non-hydrogen) atoms. The molecule has 0 saturated carbocycles. The van der Waals surface area contributed by atoms with Gasteiger partial charge in [-0.2, -0.15) is 0 Å². The van der Waals surface area contributed by atoms with Crippen LogP contribution in [0.2, 0.25) is 0 Å². The zero-order valence-electron chi connectivity index (χ0n) is 11.6. The Kier molecular flexibility index (Phi) is 6.05. The van der Waals surface area contributed by atoms with Crippen molar-refractivity contribution >= 4 is 0 Å². The highest BCUT2D eigenvalue weighted by molar-refractivity contribution is 4.92. The second kappa shape index (κ2) is 7.43. The Balaban J connectivity index is 2.09. The molecule has 2 saturated heterocycles. The van der Waals surface area contributed by atoms with E-state index in [-0.39, 0.29) is 0 Å². The maximum atomic E-state index is 13.5. The highest BCUT2D eigenvalue weighted by Gasteiger charge is 2.48. The molecule has 2 fully saturated rings. The van der Waals surface area contributed by atoms with Crippen LogP contribution in [0.5, 0.6) is 0 Å². The van der Waals surface area contributed by atoms with E-state index in [0.717, 1.165) is 0 Å². The van der Waals surface area contributed by atoms with Crippen LogP contribution in [0.15, 0.2) is 0 Å². The van der Waals surface area contributed by atoms with Crippen LogP contribution in [0.3, 0.4) is 0 Å². The second-order valence-electron chi connectivity index (χ2n) is 5.36. The molecule has 2 heterocycles. The molecule has 0 aromatic carbocycles. The summed E-state index contributed by atoms with van der Waals surface area (Å²) in [5, 5.41) is 57.2. The molecule has 9 atom stereocenters. The minimum atomic E-state index is -1.75. The highest BCUT2D eigenvalue weighted by atomic mass is 19.1. The predicted molar refractivity (Wildman–Crippen MR) is 66.4 cm³/mol. The van der Waals surface area contributed by atoms with Gasteiger partial charge >= 0.3 is 0 Å². The first-order valence-corrected chi connectivity index (χ1v) is 6.91. The van der Waals surface area contributed by atoms with Crippen LogP contribution in [-0.2, 0) is 14.2 Å². The molecule has 10 heteroatoms. The first kappa shape index (κ1) is 17.9. The summed E-state index contributed by atoms with van der Waals surface area (Å²) in [6, 6.07) is 0. The van der Waals surface area contributed by atoms with Crippen molar-refractivity contribution in [3.8, 4) is 0 Å². The van der Waals surface area contributed by atoms with Crippen molar-refractivity contribution in [2.24, 2.45) is 0 Å². The van der Waals surface area contributed by atoms with E-state index in [1.165, 1.54) is 0 Å². The van der Waals surface area contributed by atoms with E-state index in [2.05, 4.69) is 0 Å². The molecule has 0 aromatic heterocycles. The number of hydrogen-bond acceptors (Lipinski definition) is 9. The molecule has 130 valence electrons. The van der Waals surface area contributed by atoms with Gasteiger partial charge in [0.05, 0.1) is 19.8 Å². The Morgan fingerprint density at radius 1 is 0.909 bits per heavy atom. The molecule has 2 aliphatic rings. The lowest BCUT2D eigenvalue weighted by molar-refractivity contribution is -0.334. The van der Waals surface area contributed by atoms with Crippen LogP contribution in [0.4, 0.5) is 4.39 Å². The molecule has 0 aliphatic carbocycles. The van der Waals surface area contributed by atoms with Crippen molar-refractivity contribution in [1.29, 1.82) is 0 Å². The lowest BCUT2D eigenvalue weighted by Gasteiger charge is -2.43. The first-order valence-electron chi connectivity index (χ1n) is 6.91. The van der Waals surface area contributed by atoms with Gasteiger partial charge in [0, 0.05) is 0 Å². The Labute approximate surface area is 125 Å². The van der Waals surface area contributed by atoms with Crippen LogP contribution in [-0.4, -0.2) is 106 Å². The van der Waals surface area contributed by atoms with Crippen molar-refractivity contribution in [3.63, 3.8) is 0 Å². The van der Waals surface area contributed by atoms with Crippen LogP contribution in [0.25, 0.3) is 0 Å². The molecule has 0 radical (unpaired) electrons. The maximum absolute atomic E-state index is 13.5. The van der Waals surface area contributed by atoms with Gasteiger partial charge in [-0.3, -0.25) is 0 Å². The number of rotatable bonds is 4. The standard InChI is InChI=1S/C12H21FO9/c13-4-3-20-6(2-15)11(7(4)16)22-12-10(19)9(18)8(17)5(1-14)21-12/h4-12,14-19H,1-3H2. The molecule has 0 bridgehead atoms. The normalized spacial score (nSPS) is 50.0. The first-order chi connectivity index (χ1) is 10.4. The molecule has 2 aliphatic heterocycles. The number of ether oxygens (including phenoxy) is 3. The zero-order valence-corrected chi connectivity index (χ0v) is 11.6. The summed E-state index contributed by atoms with van der Waals surface area (Å²) in [5.74, 6) is 0. The molecule has 9 unspecified atom stereocenters. The van der Waals surface area contributed by atoms with Gasteiger partial charge in [-0.05, 0) is 0 Å². The van der Waals surface area contributed by atoms with Crippen LogP contribution >= 0.6 is 0 Å².